The van der Waals surface area contributed by atoms with E-state index >= 15 is 0 Å². The molecule has 1 N–H and O–H groups in total. The molecule has 0 fully saturated rings. The quantitative estimate of drug-likeness (QED) is 0.770. The van der Waals surface area contributed by atoms with Crippen LogP contribution in [-0.4, -0.2) is 12.0 Å². The fourth-order valence-corrected chi connectivity index (χ4v) is 2.64. The van der Waals surface area contributed by atoms with Crippen molar-refractivity contribution >= 4 is 28.4 Å². The number of benzene rings is 1. The number of halogens is 1. The molecule has 0 saturated carbocycles. The van der Waals surface area contributed by atoms with Crippen LogP contribution in [0.4, 0.5) is 5.69 Å². The van der Waals surface area contributed by atoms with Crippen molar-refractivity contribution in [3.8, 4) is 11.8 Å². The molecule has 0 radical (unpaired) electrons. The van der Waals surface area contributed by atoms with Gasteiger partial charge in [-0.3, -0.25) is 4.98 Å². The second kappa shape index (κ2) is 7.35. The van der Waals surface area contributed by atoms with Crippen molar-refractivity contribution in [2.45, 2.75) is 27.7 Å². The van der Waals surface area contributed by atoms with Crippen molar-refractivity contribution in [3.05, 3.63) is 57.9 Å². The molecular weight excluding hydrogens is 304 g/mol. The summed E-state index contributed by atoms with van der Waals surface area (Å²) in [6.45, 7) is 7.99. The van der Waals surface area contributed by atoms with Crippen molar-refractivity contribution in [3.63, 3.8) is 0 Å². The Labute approximate surface area is 143 Å². The standard InChI is InChI=1S/C20H21ClN2/c1-6-7-17(18-11-19(21)14(3)10-13(18)2)15(4)20-9-8-16(22-5)12-23-20/h8-12,22H,1-5H3/b17-15+. The topological polar surface area (TPSA) is 24.9 Å². The molecule has 3 heteroatoms. The number of aromatic nitrogens is 1. The molecular formula is C20H21ClN2. The predicted octanol–water partition coefficient (Wildman–Crippen LogP) is 5.35. The maximum atomic E-state index is 6.33. The molecule has 0 aliphatic heterocycles. The summed E-state index contributed by atoms with van der Waals surface area (Å²) in [5, 5.41) is 3.83. The van der Waals surface area contributed by atoms with Crippen LogP contribution in [0.15, 0.2) is 30.5 Å². The average Bonchev–Trinajstić information content (AvgIpc) is 2.56. The van der Waals surface area contributed by atoms with Crippen molar-refractivity contribution in [1.29, 1.82) is 0 Å². The molecule has 0 saturated heterocycles. The maximum absolute atomic E-state index is 6.33. The summed E-state index contributed by atoms with van der Waals surface area (Å²) in [5.41, 5.74) is 7.22. The Kier molecular flexibility index (Phi) is 5.47. The van der Waals surface area contributed by atoms with E-state index in [1.165, 1.54) is 0 Å². The van der Waals surface area contributed by atoms with Crippen LogP contribution in [0.2, 0.25) is 5.02 Å². The molecule has 23 heavy (non-hydrogen) atoms. The number of nitrogens with one attached hydrogen (secondary N) is 1. The second-order valence-electron chi connectivity index (χ2n) is 5.47. The normalized spacial score (nSPS) is 11.4. The summed E-state index contributed by atoms with van der Waals surface area (Å²) in [7, 11) is 1.88. The van der Waals surface area contributed by atoms with Gasteiger partial charge in [-0.15, -0.1) is 5.92 Å². The summed E-state index contributed by atoms with van der Waals surface area (Å²) in [5.74, 6) is 6.24. The molecule has 0 bridgehead atoms. The van der Waals surface area contributed by atoms with Crippen LogP contribution in [0.5, 0.6) is 0 Å². The Bertz CT molecular complexity index is 806. The third-order valence-corrected chi connectivity index (χ3v) is 4.24. The van der Waals surface area contributed by atoms with Crippen molar-refractivity contribution in [2.24, 2.45) is 0 Å². The van der Waals surface area contributed by atoms with Gasteiger partial charge in [0.15, 0.2) is 0 Å². The Morgan fingerprint density at radius 1 is 1.17 bits per heavy atom. The SMILES string of the molecule is CC#C/C(=C(/C)c1ccc(NC)cn1)c1cc(Cl)c(C)cc1C. The molecule has 2 aromatic rings. The summed E-state index contributed by atoms with van der Waals surface area (Å²) >= 11 is 6.33. The van der Waals surface area contributed by atoms with E-state index in [-0.39, 0.29) is 0 Å². The number of pyridine rings is 1. The van der Waals surface area contributed by atoms with E-state index in [1.807, 2.05) is 52.2 Å². The molecule has 0 aliphatic rings. The van der Waals surface area contributed by atoms with Crippen LogP contribution in [0, 0.1) is 25.7 Å². The molecule has 1 aromatic heterocycles. The largest absolute Gasteiger partial charge is 0.387 e. The van der Waals surface area contributed by atoms with E-state index in [0.29, 0.717) is 0 Å². The van der Waals surface area contributed by atoms with E-state index in [9.17, 15) is 0 Å². The van der Waals surface area contributed by atoms with E-state index in [1.54, 1.807) is 0 Å². The van der Waals surface area contributed by atoms with Gasteiger partial charge in [-0.05, 0) is 68.2 Å². The van der Waals surface area contributed by atoms with Gasteiger partial charge in [0.05, 0.1) is 17.6 Å². The van der Waals surface area contributed by atoms with E-state index in [2.05, 4.69) is 35.1 Å². The van der Waals surface area contributed by atoms with Gasteiger partial charge in [-0.2, -0.15) is 0 Å². The smallest absolute Gasteiger partial charge is 0.0673 e. The highest BCUT2D eigenvalue weighted by atomic mass is 35.5. The highest BCUT2D eigenvalue weighted by Gasteiger charge is 2.11. The van der Waals surface area contributed by atoms with E-state index < -0.39 is 0 Å². The molecule has 0 aliphatic carbocycles. The Morgan fingerprint density at radius 3 is 2.48 bits per heavy atom. The van der Waals surface area contributed by atoms with E-state index in [4.69, 9.17) is 11.6 Å². The molecule has 2 rings (SSSR count). The molecule has 118 valence electrons. The highest BCUT2D eigenvalue weighted by Crippen LogP contribution is 2.30. The third-order valence-electron chi connectivity index (χ3n) is 3.84. The first kappa shape index (κ1) is 17.1. The first-order valence-corrected chi connectivity index (χ1v) is 7.90. The van der Waals surface area contributed by atoms with Gasteiger partial charge < -0.3 is 5.32 Å². The summed E-state index contributed by atoms with van der Waals surface area (Å²) in [6, 6.07) is 8.11. The lowest BCUT2D eigenvalue weighted by atomic mass is 9.94. The fourth-order valence-electron chi connectivity index (χ4n) is 2.47. The van der Waals surface area contributed by atoms with Crippen molar-refractivity contribution < 1.29 is 0 Å². The predicted molar refractivity (Wildman–Crippen MR) is 101 cm³/mol. The second-order valence-corrected chi connectivity index (χ2v) is 5.88. The van der Waals surface area contributed by atoms with Crippen LogP contribution in [0.3, 0.4) is 0 Å². The Hall–Kier alpha value is -2.24. The summed E-state index contributed by atoms with van der Waals surface area (Å²) in [4.78, 5) is 4.53. The molecule has 2 nitrogen and oxygen atoms in total. The van der Waals surface area contributed by atoms with Crippen LogP contribution < -0.4 is 5.32 Å². The van der Waals surface area contributed by atoms with Gasteiger partial charge in [0, 0.05) is 17.6 Å². The number of hydrogen-bond acceptors (Lipinski definition) is 2. The lowest BCUT2D eigenvalue weighted by Gasteiger charge is -2.12. The van der Waals surface area contributed by atoms with Gasteiger partial charge in [-0.1, -0.05) is 23.6 Å². The number of rotatable bonds is 3. The zero-order valence-electron chi connectivity index (χ0n) is 14.2. The van der Waals surface area contributed by atoms with Crippen LogP contribution in [0.1, 0.15) is 36.2 Å². The first-order valence-electron chi connectivity index (χ1n) is 7.52. The van der Waals surface area contributed by atoms with Gasteiger partial charge in [0.2, 0.25) is 0 Å². The van der Waals surface area contributed by atoms with Crippen molar-refractivity contribution in [1.82, 2.24) is 4.98 Å². The van der Waals surface area contributed by atoms with Gasteiger partial charge >= 0.3 is 0 Å². The van der Waals surface area contributed by atoms with Gasteiger partial charge in [-0.25, -0.2) is 0 Å². The number of hydrogen-bond donors (Lipinski definition) is 1. The molecule has 0 amide bonds. The monoisotopic (exact) mass is 324 g/mol. The molecule has 1 heterocycles. The number of anilines is 1. The molecule has 0 unspecified atom stereocenters. The third kappa shape index (κ3) is 3.75. The Morgan fingerprint density at radius 2 is 1.91 bits per heavy atom. The minimum absolute atomic E-state index is 0.757. The van der Waals surface area contributed by atoms with Crippen molar-refractivity contribution in [2.75, 3.05) is 12.4 Å². The minimum Gasteiger partial charge on any atom is -0.387 e. The van der Waals surface area contributed by atoms with E-state index in [0.717, 1.165) is 44.2 Å². The minimum atomic E-state index is 0.757. The highest BCUT2D eigenvalue weighted by molar-refractivity contribution is 6.31. The number of nitrogens with zero attached hydrogens (tertiary/aromatic N) is 1. The average molecular weight is 325 g/mol. The van der Waals surface area contributed by atoms with Crippen LogP contribution in [-0.2, 0) is 0 Å². The van der Waals surface area contributed by atoms with Gasteiger partial charge in [0.1, 0.15) is 0 Å². The lowest BCUT2D eigenvalue weighted by molar-refractivity contribution is 1.26. The summed E-state index contributed by atoms with van der Waals surface area (Å²) in [6.07, 6.45) is 1.82. The number of aryl methyl sites for hydroxylation is 2. The molecule has 0 atom stereocenters. The molecule has 0 spiro atoms. The zero-order valence-corrected chi connectivity index (χ0v) is 15.0. The zero-order chi connectivity index (χ0) is 17.0. The molecule has 1 aromatic carbocycles. The first-order chi connectivity index (χ1) is 11.0. The van der Waals surface area contributed by atoms with Crippen LogP contribution in [0.25, 0.3) is 11.1 Å². The number of allylic oxidation sites excluding steroid dienone is 2. The van der Waals surface area contributed by atoms with Crippen LogP contribution >= 0.6 is 11.6 Å². The fraction of sp³-hybridized carbons (Fsp3) is 0.250. The lowest BCUT2D eigenvalue weighted by Crippen LogP contribution is -1.96. The Balaban J connectivity index is 2.64. The summed E-state index contributed by atoms with van der Waals surface area (Å²) < 4.78 is 0. The maximum Gasteiger partial charge on any atom is 0.0673 e. The van der Waals surface area contributed by atoms with Gasteiger partial charge in [0.25, 0.3) is 0 Å².